The molecule has 0 atom stereocenters. The zero-order valence-electron chi connectivity index (χ0n) is 41.0. The topological polar surface area (TPSA) is 3.88 Å². The standard InChI is InChI=1S/C32H44N.C24BF20/c1-2-3-4-5-6-7-8-10-15-27-20-22-30(23-21-27)32-31-19-14-13-18-29(31)24-25-33(32)26-28-16-11-9-12-17-28;26-5-1(6(27)14(35)21(42)13(5)34)25(2-7(28)15(36)22(43)16(37)8(2)29,3-9(30)17(38)23(44)18(39)10(3)31)4-11(32)19(40)24(45)20(41)12(4)33/h9,11-14,16-19,24-25,27,30H,2-8,10,15,20-23,26H2,1H3;/q+1;-1. The van der Waals surface area contributed by atoms with Crippen LogP contribution in [-0.4, -0.2) is 6.15 Å². The van der Waals surface area contributed by atoms with Gasteiger partial charge in [-0.1, -0.05) is 113 Å². The van der Waals surface area contributed by atoms with Crippen molar-refractivity contribution in [3.05, 3.63) is 194 Å². The van der Waals surface area contributed by atoms with Crippen LogP contribution >= 0.6 is 0 Å². The van der Waals surface area contributed by atoms with Crippen LogP contribution in [0.4, 0.5) is 87.8 Å². The van der Waals surface area contributed by atoms with Crippen LogP contribution in [0.3, 0.4) is 0 Å². The van der Waals surface area contributed by atoms with Gasteiger partial charge in [0, 0.05) is 22.9 Å². The SMILES string of the molecule is CCCCCCCCCCC1CCC(c2c3ccccc3cc[n+]2Cc2ccccc2)CC1.Fc1c(F)c(F)c([B-](c2c(F)c(F)c(F)c(F)c2F)(c2c(F)c(F)c(F)c(F)c2F)c2c(F)c(F)c(F)c(F)c2F)c(F)c1F. The fourth-order valence-electron chi connectivity index (χ4n) is 10.8. The molecule has 0 amide bonds. The fraction of sp³-hybridized carbons (Fsp3) is 0.304. The Kier molecular flexibility index (Phi) is 18.6. The minimum absolute atomic E-state index is 0.689. The molecule has 0 N–H and O–H groups in total. The van der Waals surface area contributed by atoms with E-state index in [1.165, 1.54) is 99.8 Å². The number of hydrogen-bond acceptors (Lipinski definition) is 0. The van der Waals surface area contributed by atoms with E-state index in [-0.39, 0.29) is 0 Å². The highest BCUT2D eigenvalue weighted by Crippen LogP contribution is 2.39. The lowest BCUT2D eigenvalue weighted by atomic mass is 9.12. The predicted molar refractivity (Wildman–Crippen MR) is 251 cm³/mol. The van der Waals surface area contributed by atoms with Gasteiger partial charge in [-0.15, -0.1) is 21.9 Å². The normalized spacial score (nSPS) is 14.8. The average molecular weight is 1120 g/mol. The van der Waals surface area contributed by atoms with Crippen molar-refractivity contribution in [3.8, 4) is 0 Å². The smallest absolute Gasteiger partial charge is 0.200 e. The van der Waals surface area contributed by atoms with Gasteiger partial charge in [-0.3, -0.25) is 0 Å². The summed E-state index contributed by atoms with van der Waals surface area (Å²) < 4.78 is 296. The summed E-state index contributed by atoms with van der Waals surface area (Å²) in [5, 5.41) is 2.85. The number of nitrogens with zero attached hydrogens (tertiary/aromatic N) is 1. The minimum Gasteiger partial charge on any atom is -0.207 e. The van der Waals surface area contributed by atoms with E-state index < -0.39 is 144 Å². The maximum Gasteiger partial charge on any atom is 0.200 e. The molecule has 7 aromatic rings. The Hall–Kier alpha value is -6.61. The van der Waals surface area contributed by atoms with Crippen LogP contribution in [0.5, 0.6) is 0 Å². The second-order valence-electron chi connectivity index (χ2n) is 19.2. The van der Waals surface area contributed by atoms with E-state index in [9.17, 15) is 52.7 Å². The molecule has 1 aromatic heterocycles. The molecule has 0 saturated heterocycles. The molecular weight excluding hydrogens is 1080 g/mol. The van der Waals surface area contributed by atoms with Crippen LogP contribution in [-0.2, 0) is 6.54 Å². The lowest BCUT2D eigenvalue weighted by Gasteiger charge is -2.44. The molecule has 8 rings (SSSR count). The molecule has 78 heavy (non-hydrogen) atoms. The monoisotopic (exact) mass is 1120 g/mol. The fourth-order valence-corrected chi connectivity index (χ4v) is 10.8. The van der Waals surface area contributed by atoms with E-state index in [2.05, 4.69) is 78.4 Å². The van der Waals surface area contributed by atoms with Crippen molar-refractivity contribution >= 4 is 38.8 Å². The lowest BCUT2D eigenvalue weighted by Crippen LogP contribution is -2.81. The first-order chi connectivity index (χ1) is 37.0. The van der Waals surface area contributed by atoms with Gasteiger partial charge in [0.15, 0.2) is 88.2 Å². The molecule has 0 aliphatic heterocycles. The molecule has 0 unspecified atom stereocenters. The van der Waals surface area contributed by atoms with Crippen molar-refractivity contribution in [2.24, 2.45) is 5.92 Å². The van der Waals surface area contributed by atoms with Crippen molar-refractivity contribution in [2.75, 3.05) is 0 Å². The summed E-state index contributed by atoms with van der Waals surface area (Å²) in [4.78, 5) is 0. The third-order valence-corrected chi connectivity index (χ3v) is 14.6. The van der Waals surface area contributed by atoms with Crippen LogP contribution in [0.2, 0.25) is 0 Å². The van der Waals surface area contributed by atoms with Crippen molar-refractivity contribution in [1.82, 2.24) is 0 Å². The van der Waals surface area contributed by atoms with Gasteiger partial charge in [-0.25, -0.2) is 87.8 Å². The minimum atomic E-state index is -7.22. The maximum absolute atomic E-state index is 15.4. The summed E-state index contributed by atoms with van der Waals surface area (Å²) in [6.07, 6.45) is 13.6. The molecule has 0 bridgehead atoms. The second kappa shape index (κ2) is 24.6. The number of rotatable bonds is 16. The highest BCUT2D eigenvalue weighted by molar-refractivity contribution is 7.20. The van der Waals surface area contributed by atoms with Gasteiger partial charge in [0.2, 0.25) is 0 Å². The zero-order valence-corrected chi connectivity index (χ0v) is 41.0. The predicted octanol–water partition coefficient (Wildman–Crippen LogP) is 14.8. The molecule has 1 aliphatic rings. The number of halogens is 20. The number of pyridine rings is 1. The Labute approximate surface area is 433 Å². The largest absolute Gasteiger partial charge is 0.207 e. The molecule has 1 aliphatic carbocycles. The third kappa shape index (κ3) is 10.8. The second-order valence-corrected chi connectivity index (χ2v) is 19.2. The van der Waals surface area contributed by atoms with E-state index in [1.54, 1.807) is 5.69 Å². The summed E-state index contributed by atoms with van der Waals surface area (Å²) >= 11 is 0. The van der Waals surface area contributed by atoms with Gasteiger partial charge in [-0.05, 0) is 43.1 Å². The maximum atomic E-state index is 15.4. The van der Waals surface area contributed by atoms with Crippen LogP contribution < -0.4 is 26.4 Å². The van der Waals surface area contributed by atoms with Crippen molar-refractivity contribution in [3.63, 3.8) is 0 Å². The number of benzene rings is 6. The van der Waals surface area contributed by atoms with E-state index in [1.807, 2.05) is 0 Å². The summed E-state index contributed by atoms with van der Waals surface area (Å²) in [6.45, 7) is 3.27. The molecule has 0 radical (unpaired) electrons. The van der Waals surface area contributed by atoms with Crippen LogP contribution in [0.15, 0.2) is 66.9 Å². The molecule has 0 spiro atoms. The van der Waals surface area contributed by atoms with Crippen LogP contribution in [0, 0.1) is 122 Å². The Morgan fingerprint density at radius 3 is 1.09 bits per heavy atom. The molecule has 1 heterocycles. The molecule has 1 nitrogen and oxygen atoms in total. The van der Waals surface area contributed by atoms with Crippen molar-refractivity contribution in [1.29, 1.82) is 0 Å². The zero-order chi connectivity index (χ0) is 57.1. The first-order valence-corrected chi connectivity index (χ1v) is 24.7. The first kappa shape index (κ1) is 59.1. The van der Waals surface area contributed by atoms with Gasteiger partial charge < -0.3 is 0 Å². The summed E-state index contributed by atoms with van der Waals surface area (Å²) in [6, 6.07) is 22.3. The number of aromatic nitrogens is 1. The van der Waals surface area contributed by atoms with Gasteiger partial charge in [0.05, 0.1) is 0 Å². The van der Waals surface area contributed by atoms with Gasteiger partial charge >= 0.3 is 0 Å². The van der Waals surface area contributed by atoms with Crippen molar-refractivity contribution < 1.29 is 92.4 Å². The van der Waals surface area contributed by atoms with Gasteiger partial charge in [0.1, 0.15) is 52.7 Å². The number of unbranched alkanes of at least 4 members (excludes halogenated alkanes) is 7. The lowest BCUT2D eigenvalue weighted by molar-refractivity contribution is -0.695. The number of hydrogen-bond donors (Lipinski definition) is 0. The van der Waals surface area contributed by atoms with E-state index in [0.29, 0.717) is 5.92 Å². The Bertz CT molecular complexity index is 2960. The Balaban J connectivity index is 0.000000237. The summed E-state index contributed by atoms with van der Waals surface area (Å²) in [7, 11) is 0. The van der Waals surface area contributed by atoms with E-state index in [0.717, 1.165) is 12.5 Å². The Morgan fingerprint density at radius 2 is 0.705 bits per heavy atom. The van der Waals surface area contributed by atoms with Crippen LogP contribution in [0.25, 0.3) is 10.8 Å². The first-order valence-electron chi connectivity index (χ1n) is 24.7. The number of fused-ring (bicyclic) bond motifs is 1. The Morgan fingerprint density at radius 1 is 0.372 bits per heavy atom. The van der Waals surface area contributed by atoms with Crippen molar-refractivity contribution in [2.45, 2.75) is 103 Å². The highest BCUT2D eigenvalue weighted by Gasteiger charge is 2.52. The molecule has 1 fully saturated rings. The molecule has 1 saturated carbocycles. The van der Waals surface area contributed by atoms with Crippen LogP contribution in [0.1, 0.15) is 108 Å². The summed E-state index contributed by atoms with van der Waals surface area (Å²) in [5.41, 5.74) is -11.4. The highest BCUT2D eigenvalue weighted by atomic mass is 19.2. The average Bonchev–Trinajstić information content (AvgIpc) is 3.44. The van der Waals surface area contributed by atoms with Gasteiger partial charge in [0.25, 0.3) is 0 Å². The molecule has 6 aromatic carbocycles. The van der Waals surface area contributed by atoms with E-state index in [4.69, 9.17) is 0 Å². The van der Waals surface area contributed by atoms with Gasteiger partial charge in [-0.2, -0.15) is 4.57 Å². The molecular formula is C56H44BF20N. The molecule has 416 valence electrons. The quantitative estimate of drug-likeness (QED) is 0.0227. The summed E-state index contributed by atoms with van der Waals surface area (Å²) in [5.74, 6) is -69.8. The molecule has 22 heteroatoms. The third-order valence-electron chi connectivity index (χ3n) is 14.6. The van der Waals surface area contributed by atoms with E-state index >= 15 is 35.1 Å².